The van der Waals surface area contributed by atoms with Crippen molar-refractivity contribution in [2.45, 2.75) is 43.4 Å². The molecule has 2 rings (SSSR count). The molecule has 0 saturated carbocycles. The van der Waals surface area contributed by atoms with E-state index in [0.29, 0.717) is 18.0 Å². The van der Waals surface area contributed by atoms with E-state index < -0.39 is 0 Å². The predicted molar refractivity (Wildman–Crippen MR) is 109 cm³/mol. The van der Waals surface area contributed by atoms with Gasteiger partial charge >= 0.3 is 0 Å². The highest BCUT2D eigenvalue weighted by atomic mass is 35.5. The van der Waals surface area contributed by atoms with Crippen molar-refractivity contribution in [2.24, 2.45) is 0 Å². The van der Waals surface area contributed by atoms with Crippen LogP contribution in [0.5, 0.6) is 0 Å². The number of rotatable bonds is 8. The molecule has 0 aromatic heterocycles. The van der Waals surface area contributed by atoms with E-state index in [1.807, 2.05) is 62.4 Å². The van der Waals surface area contributed by atoms with Gasteiger partial charge in [-0.15, -0.1) is 11.8 Å². The van der Waals surface area contributed by atoms with Crippen molar-refractivity contribution in [3.63, 3.8) is 0 Å². The Hall–Kier alpha value is -1.98. The Bertz CT molecular complexity index is 750. The Morgan fingerprint density at radius 3 is 2.46 bits per heavy atom. The molecule has 0 radical (unpaired) electrons. The van der Waals surface area contributed by atoms with Crippen LogP contribution in [-0.4, -0.2) is 17.1 Å². The van der Waals surface area contributed by atoms with Crippen molar-refractivity contribution in [3.8, 4) is 0 Å². The number of amides is 2. The maximum absolute atomic E-state index is 12.3. The van der Waals surface area contributed by atoms with Crippen LogP contribution in [0.1, 0.15) is 32.3 Å². The third kappa shape index (κ3) is 6.39. The van der Waals surface area contributed by atoms with Crippen molar-refractivity contribution < 1.29 is 9.59 Å². The first-order valence-electron chi connectivity index (χ1n) is 8.57. The average Bonchev–Trinajstić information content (AvgIpc) is 2.63. The molecule has 6 heteroatoms. The Labute approximate surface area is 163 Å². The lowest BCUT2D eigenvalue weighted by atomic mass is 10.2. The molecule has 1 unspecified atom stereocenters. The number of halogens is 1. The van der Waals surface area contributed by atoms with Gasteiger partial charge in [0.2, 0.25) is 11.8 Å². The van der Waals surface area contributed by atoms with Crippen molar-refractivity contribution >= 4 is 40.9 Å². The molecule has 0 spiro atoms. The maximum atomic E-state index is 12.3. The van der Waals surface area contributed by atoms with Crippen LogP contribution in [0.2, 0.25) is 5.02 Å². The zero-order chi connectivity index (χ0) is 18.9. The fraction of sp³-hybridized carbons (Fsp3) is 0.300. The quantitative estimate of drug-likeness (QED) is 0.632. The van der Waals surface area contributed by atoms with Gasteiger partial charge in [-0.3, -0.25) is 9.59 Å². The highest BCUT2D eigenvalue weighted by Crippen LogP contribution is 2.30. The van der Waals surface area contributed by atoms with Gasteiger partial charge in [0.25, 0.3) is 0 Å². The van der Waals surface area contributed by atoms with E-state index in [-0.39, 0.29) is 17.1 Å². The molecule has 0 aliphatic carbocycles. The fourth-order valence-electron chi connectivity index (χ4n) is 2.27. The summed E-state index contributed by atoms with van der Waals surface area (Å²) in [5, 5.41) is 6.18. The summed E-state index contributed by atoms with van der Waals surface area (Å²) in [6.45, 7) is 4.27. The molecule has 1 atom stereocenters. The van der Waals surface area contributed by atoms with E-state index in [1.165, 1.54) is 11.8 Å². The van der Waals surface area contributed by atoms with E-state index in [2.05, 4.69) is 10.6 Å². The van der Waals surface area contributed by atoms with Gasteiger partial charge in [-0.25, -0.2) is 0 Å². The van der Waals surface area contributed by atoms with E-state index in [0.717, 1.165) is 22.6 Å². The third-order valence-corrected chi connectivity index (χ3v) is 5.31. The SMILES string of the molecule is CCCC(=O)Nc1ccc(CNC(=O)C(C)Sc2ccccc2Cl)cc1. The summed E-state index contributed by atoms with van der Waals surface area (Å²) in [6, 6.07) is 15.0. The molecule has 0 saturated heterocycles. The molecule has 138 valence electrons. The molecule has 0 aliphatic heterocycles. The zero-order valence-electron chi connectivity index (χ0n) is 14.9. The number of hydrogen-bond acceptors (Lipinski definition) is 3. The minimum Gasteiger partial charge on any atom is -0.351 e. The van der Waals surface area contributed by atoms with Crippen molar-refractivity contribution in [1.82, 2.24) is 5.32 Å². The number of carbonyl (C=O) groups excluding carboxylic acids is 2. The van der Waals surface area contributed by atoms with Gasteiger partial charge in [0.05, 0.1) is 10.3 Å². The summed E-state index contributed by atoms with van der Waals surface area (Å²) in [5.41, 5.74) is 1.74. The van der Waals surface area contributed by atoms with Crippen LogP contribution in [0.4, 0.5) is 5.69 Å². The molecule has 0 aliphatic rings. The van der Waals surface area contributed by atoms with Crippen LogP contribution in [0.25, 0.3) is 0 Å². The monoisotopic (exact) mass is 390 g/mol. The number of hydrogen-bond donors (Lipinski definition) is 2. The van der Waals surface area contributed by atoms with Crippen LogP contribution >= 0.6 is 23.4 Å². The summed E-state index contributed by atoms with van der Waals surface area (Å²) in [4.78, 5) is 24.8. The normalized spacial score (nSPS) is 11.7. The molecule has 2 aromatic carbocycles. The Morgan fingerprint density at radius 2 is 1.81 bits per heavy atom. The smallest absolute Gasteiger partial charge is 0.233 e. The van der Waals surface area contributed by atoms with E-state index in [1.54, 1.807) is 0 Å². The topological polar surface area (TPSA) is 58.2 Å². The van der Waals surface area contributed by atoms with Gasteiger partial charge in [-0.05, 0) is 43.2 Å². The fourth-order valence-corrected chi connectivity index (χ4v) is 3.45. The van der Waals surface area contributed by atoms with Crippen molar-refractivity contribution in [1.29, 1.82) is 0 Å². The van der Waals surface area contributed by atoms with E-state index >= 15 is 0 Å². The lowest BCUT2D eigenvalue weighted by Crippen LogP contribution is -2.30. The number of carbonyl (C=O) groups is 2. The van der Waals surface area contributed by atoms with Crippen molar-refractivity contribution in [3.05, 3.63) is 59.1 Å². The molecule has 0 fully saturated rings. The summed E-state index contributed by atoms with van der Waals surface area (Å²) in [5.74, 6) is -0.0331. The molecule has 0 bridgehead atoms. The molecule has 2 N–H and O–H groups in total. The van der Waals surface area contributed by atoms with E-state index in [4.69, 9.17) is 11.6 Å². The Morgan fingerprint density at radius 1 is 1.12 bits per heavy atom. The second kappa shape index (κ2) is 10.2. The molecular formula is C20H23ClN2O2S. The number of anilines is 1. The molecule has 2 amide bonds. The third-order valence-electron chi connectivity index (χ3n) is 3.69. The summed E-state index contributed by atoms with van der Waals surface area (Å²) < 4.78 is 0. The summed E-state index contributed by atoms with van der Waals surface area (Å²) >= 11 is 7.57. The summed E-state index contributed by atoms with van der Waals surface area (Å²) in [6.07, 6.45) is 1.33. The standard InChI is InChI=1S/C20H23ClN2O2S/c1-3-6-19(24)23-16-11-9-15(10-12-16)13-22-20(25)14(2)26-18-8-5-4-7-17(18)21/h4-5,7-12,14H,3,6,13H2,1-2H3,(H,22,25)(H,23,24). The number of benzene rings is 2. The number of nitrogens with one attached hydrogen (secondary N) is 2. The van der Waals surface area contributed by atoms with Gasteiger partial charge in [0.15, 0.2) is 0 Å². The van der Waals surface area contributed by atoms with Crippen LogP contribution in [0, 0.1) is 0 Å². The molecule has 2 aromatic rings. The van der Waals surface area contributed by atoms with Crippen LogP contribution in [0.15, 0.2) is 53.4 Å². The molecule has 26 heavy (non-hydrogen) atoms. The molecule has 4 nitrogen and oxygen atoms in total. The Kier molecular flexibility index (Phi) is 8.01. The minimum atomic E-state index is -0.248. The highest BCUT2D eigenvalue weighted by molar-refractivity contribution is 8.00. The van der Waals surface area contributed by atoms with Crippen LogP contribution < -0.4 is 10.6 Å². The molecular weight excluding hydrogens is 368 g/mol. The minimum absolute atomic E-state index is 0.0129. The highest BCUT2D eigenvalue weighted by Gasteiger charge is 2.15. The van der Waals surface area contributed by atoms with Crippen LogP contribution in [-0.2, 0) is 16.1 Å². The second-order valence-electron chi connectivity index (χ2n) is 5.90. The molecule has 0 heterocycles. The van der Waals surface area contributed by atoms with Crippen LogP contribution in [0.3, 0.4) is 0 Å². The lowest BCUT2D eigenvalue weighted by Gasteiger charge is -2.13. The zero-order valence-corrected chi connectivity index (χ0v) is 16.5. The van der Waals surface area contributed by atoms with Crippen molar-refractivity contribution in [2.75, 3.05) is 5.32 Å². The number of thioether (sulfide) groups is 1. The first-order chi connectivity index (χ1) is 12.5. The van der Waals surface area contributed by atoms with Gasteiger partial charge in [0, 0.05) is 23.5 Å². The first kappa shape index (κ1) is 20.3. The average molecular weight is 391 g/mol. The second-order valence-corrected chi connectivity index (χ2v) is 7.69. The van der Waals surface area contributed by atoms with Gasteiger partial charge < -0.3 is 10.6 Å². The maximum Gasteiger partial charge on any atom is 0.233 e. The van der Waals surface area contributed by atoms with Gasteiger partial charge in [0.1, 0.15) is 0 Å². The largest absolute Gasteiger partial charge is 0.351 e. The van der Waals surface area contributed by atoms with E-state index in [9.17, 15) is 9.59 Å². The lowest BCUT2D eigenvalue weighted by molar-refractivity contribution is -0.120. The summed E-state index contributed by atoms with van der Waals surface area (Å²) in [7, 11) is 0. The predicted octanol–water partition coefficient (Wildman–Crippen LogP) is 4.88. The Balaban J connectivity index is 1.83. The van der Waals surface area contributed by atoms with Gasteiger partial charge in [-0.2, -0.15) is 0 Å². The first-order valence-corrected chi connectivity index (χ1v) is 9.83. The van der Waals surface area contributed by atoms with Gasteiger partial charge in [-0.1, -0.05) is 42.8 Å².